The summed E-state index contributed by atoms with van der Waals surface area (Å²) in [6.45, 7) is 3.60. The number of hydrogen-bond acceptors (Lipinski definition) is 5. The Morgan fingerprint density at radius 2 is 1.53 bits per heavy atom. The van der Waals surface area contributed by atoms with Crippen LogP contribution in [0.3, 0.4) is 0 Å². The van der Waals surface area contributed by atoms with Crippen molar-refractivity contribution in [3.8, 4) is 5.75 Å². The van der Waals surface area contributed by atoms with Crippen molar-refractivity contribution in [2.24, 2.45) is 0 Å². The molecule has 3 aromatic rings. The quantitative estimate of drug-likeness (QED) is 0.430. The first-order chi connectivity index (χ1) is 15.4. The fourth-order valence-corrected chi connectivity index (χ4v) is 3.19. The van der Waals surface area contributed by atoms with Gasteiger partial charge in [0.2, 0.25) is 0 Å². The third kappa shape index (κ3) is 5.60. The summed E-state index contributed by atoms with van der Waals surface area (Å²) in [5, 5.41) is 2.70. The molecule has 0 aliphatic rings. The molecule has 0 saturated carbocycles. The van der Waals surface area contributed by atoms with Crippen LogP contribution in [0.4, 0.5) is 0 Å². The Bertz CT molecular complexity index is 1140. The number of methoxy groups -OCH3 is 1. The summed E-state index contributed by atoms with van der Waals surface area (Å²) in [7, 11) is 1.58. The van der Waals surface area contributed by atoms with Crippen molar-refractivity contribution in [3.63, 3.8) is 0 Å². The van der Waals surface area contributed by atoms with Crippen molar-refractivity contribution in [3.05, 3.63) is 100 Å². The van der Waals surface area contributed by atoms with E-state index < -0.39 is 18.5 Å². The van der Waals surface area contributed by atoms with Crippen molar-refractivity contribution in [2.75, 3.05) is 13.7 Å². The molecule has 1 N–H and O–H groups in total. The maximum atomic E-state index is 13.1. The molecule has 164 valence electrons. The maximum absolute atomic E-state index is 13.1. The van der Waals surface area contributed by atoms with Crippen molar-refractivity contribution in [1.82, 2.24) is 5.32 Å². The van der Waals surface area contributed by atoms with E-state index in [9.17, 15) is 14.4 Å². The van der Waals surface area contributed by atoms with E-state index in [1.807, 2.05) is 38.1 Å². The van der Waals surface area contributed by atoms with E-state index in [2.05, 4.69) is 5.32 Å². The highest BCUT2D eigenvalue weighted by Gasteiger charge is 2.21. The van der Waals surface area contributed by atoms with Gasteiger partial charge in [0.15, 0.2) is 12.4 Å². The van der Waals surface area contributed by atoms with Crippen LogP contribution in [0, 0.1) is 13.8 Å². The van der Waals surface area contributed by atoms with Gasteiger partial charge in [-0.2, -0.15) is 0 Å². The molecule has 0 aromatic heterocycles. The van der Waals surface area contributed by atoms with Crippen LogP contribution in [0.1, 0.15) is 43.0 Å². The molecule has 0 unspecified atom stereocenters. The minimum Gasteiger partial charge on any atom is -0.497 e. The summed E-state index contributed by atoms with van der Waals surface area (Å²) in [4.78, 5) is 37.8. The van der Waals surface area contributed by atoms with E-state index in [4.69, 9.17) is 9.47 Å². The summed E-state index contributed by atoms with van der Waals surface area (Å²) in [6.07, 6.45) is 0. The minimum absolute atomic E-state index is 0.126. The van der Waals surface area contributed by atoms with Crippen molar-refractivity contribution in [2.45, 2.75) is 20.4 Å². The number of amides is 1. The van der Waals surface area contributed by atoms with Gasteiger partial charge in [-0.1, -0.05) is 48.0 Å². The lowest BCUT2D eigenvalue weighted by atomic mass is 9.94. The summed E-state index contributed by atoms with van der Waals surface area (Å²) in [5.74, 6) is -0.697. The first-order valence-corrected chi connectivity index (χ1v) is 10.2. The number of ketones is 1. The molecular weight excluding hydrogens is 406 g/mol. The van der Waals surface area contributed by atoms with Crippen LogP contribution in [0.25, 0.3) is 0 Å². The topological polar surface area (TPSA) is 81.7 Å². The van der Waals surface area contributed by atoms with Gasteiger partial charge < -0.3 is 14.8 Å². The number of carbonyl (C=O) groups is 3. The second-order valence-corrected chi connectivity index (χ2v) is 7.39. The van der Waals surface area contributed by atoms with Gasteiger partial charge in [-0.05, 0) is 49.2 Å². The van der Waals surface area contributed by atoms with Crippen LogP contribution in [-0.2, 0) is 16.1 Å². The number of hydrogen-bond donors (Lipinski definition) is 1. The van der Waals surface area contributed by atoms with Crippen LogP contribution in [0.5, 0.6) is 5.75 Å². The van der Waals surface area contributed by atoms with Gasteiger partial charge in [0, 0.05) is 17.7 Å². The first-order valence-electron chi connectivity index (χ1n) is 10.2. The van der Waals surface area contributed by atoms with Gasteiger partial charge in [-0.3, -0.25) is 9.59 Å². The normalized spacial score (nSPS) is 10.3. The predicted molar refractivity (Wildman–Crippen MR) is 121 cm³/mol. The molecule has 0 spiro atoms. The molecule has 0 fully saturated rings. The fourth-order valence-electron chi connectivity index (χ4n) is 3.19. The van der Waals surface area contributed by atoms with Crippen LogP contribution in [-0.4, -0.2) is 31.4 Å². The summed E-state index contributed by atoms with van der Waals surface area (Å²) >= 11 is 0. The molecule has 0 aliphatic heterocycles. The molecule has 3 aromatic carbocycles. The number of esters is 1. The Morgan fingerprint density at radius 3 is 2.22 bits per heavy atom. The second kappa shape index (κ2) is 10.4. The Morgan fingerprint density at radius 1 is 0.844 bits per heavy atom. The average molecular weight is 431 g/mol. The molecule has 32 heavy (non-hydrogen) atoms. The maximum Gasteiger partial charge on any atom is 0.339 e. The zero-order valence-corrected chi connectivity index (χ0v) is 18.3. The molecule has 1 amide bonds. The van der Waals surface area contributed by atoms with E-state index in [1.165, 1.54) is 6.07 Å². The van der Waals surface area contributed by atoms with Crippen LogP contribution in [0.15, 0.2) is 66.7 Å². The SMILES string of the molecule is COc1ccc(CNC(=O)COC(=O)c2ccccc2C(=O)c2cc(C)ccc2C)cc1. The Labute approximate surface area is 187 Å². The fraction of sp³-hybridized carbons (Fsp3) is 0.192. The largest absolute Gasteiger partial charge is 0.497 e. The lowest BCUT2D eigenvalue weighted by Gasteiger charge is -2.11. The van der Waals surface area contributed by atoms with E-state index in [1.54, 1.807) is 43.5 Å². The number of carbonyl (C=O) groups excluding carboxylic acids is 3. The number of aryl methyl sites for hydroxylation is 2. The van der Waals surface area contributed by atoms with E-state index in [0.717, 1.165) is 22.4 Å². The summed E-state index contributed by atoms with van der Waals surface area (Å²) in [6, 6.07) is 19.3. The van der Waals surface area contributed by atoms with Gasteiger partial charge >= 0.3 is 5.97 Å². The summed E-state index contributed by atoms with van der Waals surface area (Å²) < 4.78 is 10.3. The van der Waals surface area contributed by atoms with Gasteiger partial charge in [-0.25, -0.2) is 4.79 Å². The van der Waals surface area contributed by atoms with Crippen molar-refractivity contribution >= 4 is 17.7 Å². The molecule has 0 radical (unpaired) electrons. The first kappa shape index (κ1) is 22.7. The minimum atomic E-state index is -0.723. The van der Waals surface area contributed by atoms with Crippen LogP contribution >= 0.6 is 0 Å². The molecule has 6 nitrogen and oxygen atoms in total. The highest BCUT2D eigenvalue weighted by molar-refractivity contribution is 6.15. The predicted octanol–water partition coefficient (Wildman–Crippen LogP) is 4.02. The third-order valence-corrected chi connectivity index (χ3v) is 5.01. The van der Waals surface area contributed by atoms with E-state index >= 15 is 0 Å². The lowest BCUT2D eigenvalue weighted by Crippen LogP contribution is -2.28. The Hall–Kier alpha value is -3.93. The number of ether oxygens (including phenoxy) is 2. The standard InChI is InChI=1S/C26H25NO5/c1-17-8-9-18(2)23(14-17)25(29)21-6-4-5-7-22(21)26(30)32-16-24(28)27-15-19-10-12-20(31-3)13-11-19/h4-14H,15-16H2,1-3H3,(H,27,28). The van der Waals surface area contributed by atoms with Gasteiger partial charge in [0.05, 0.1) is 12.7 Å². The molecule has 6 heteroatoms. The summed E-state index contributed by atoms with van der Waals surface area (Å²) in [5.41, 5.74) is 3.55. The highest BCUT2D eigenvalue weighted by Crippen LogP contribution is 2.19. The Balaban J connectivity index is 1.63. The average Bonchev–Trinajstić information content (AvgIpc) is 2.82. The van der Waals surface area contributed by atoms with Crippen molar-refractivity contribution in [1.29, 1.82) is 0 Å². The second-order valence-electron chi connectivity index (χ2n) is 7.39. The number of rotatable bonds is 8. The van der Waals surface area contributed by atoms with Gasteiger partial charge in [-0.15, -0.1) is 0 Å². The zero-order chi connectivity index (χ0) is 23.1. The highest BCUT2D eigenvalue weighted by atomic mass is 16.5. The molecule has 0 aliphatic carbocycles. The van der Waals surface area contributed by atoms with Crippen LogP contribution in [0.2, 0.25) is 0 Å². The third-order valence-electron chi connectivity index (χ3n) is 5.01. The number of nitrogens with one attached hydrogen (secondary N) is 1. The number of benzene rings is 3. The van der Waals surface area contributed by atoms with Gasteiger partial charge in [0.25, 0.3) is 5.91 Å². The van der Waals surface area contributed by atoms with Crippen molar-refractivity contribution < 1.29 is 23.9 Å². The molecule has 3 rings (SSSR count). The Kier molecular flexibility index (Phi) is 7.39. The molecule has 0 heterocycles. The molecular formula is C26H25NO5. The smallest absolute Gasteiger partial charge is 0.339 e. The molecule has 0 bridgehead atoms. The van der Waals surface area contributed by atoms with E-state index in [-0.39, 0.29) is 16.9 Å². The monoisotopic (exact) mass is 431 g/mol. The molecule has 0 saturated heterocycles. The molecule has 0 atom stereocenters. The lowest BCUT2D eigenvalue weighted by molar-refractivity contribution is -0.124. The zero-order valence-electron chi connectivity index (χ0n) is 18.3. The van der Waals surface area contributed by atoms with E-state index in [0.29, 0.717) is 12.1 Å². The van der Waals surface area contributed by atoms with Gasteiger partial charge in [0.1, 0.15) is 5.75 Å². The van der Waals surface area contributed by atoms with Crippen LogP contribution < -0.4 is 10.1 Å².